The molecular weight excluding hydrogens is 308 g/mol. The molecule has 1 fully saturated rings. The zero-order valence-corrected chi connectivity index (χ0v) is 14.6. The Kier molecular flexibility index (Phi) is 4.62. The molecule has 1 aromatic heterocycles. The van der Waals surface area contributed by atoms with E-state index in [0.717, 1.165) is 30.4 Å². The summed E-state index contributed by atoms with van der Waals surface area (Å²) in [6.45, 7) is 3.85. The van der Waals surface area contributed by atoms with Crippen molar-refractivity contribution in [3.05, 3.63) is 12.1 Å². The summed E-state index contributed by atoms with van der Waals surface area (Å²) in [6.07, 6.45) is 1.20. The molecule has 7 nitrogen and oxygen atoms in total. The Balaban J connectivity index is 2.01. The fourth-order valence-electron chi connectivity index (χ4n) is 3.13. The summed E-state index contributed by atoms with van der Waals surface area (Å²) in [7, 11) is 4.94. The first-order valence-corrected chi connectivity index (χ1v) is 8.04. The highest BCUT2D eigenvalue weighted by atomic mass is 16.5. The van der Waals surface area contributed by atoms with E-state index >= 15 is 0 Å². The molecule has 2 aromatic rings. The predicted molar refractivity (Wildman–Crippen MR) is 93.8 cm³/mol. The number of aromatic nitrogens is 2. The van der Waals surface area contributed by atoms with E-state index in [0.29, 0.717) is 29.2 Å². The molecule has 1 aliphatic rings. The predicted octanol–water partition coefficient (Wildman–Crippen LogP) is 2.09. The zero-order chi connectivity index (χ0) is 17.3. The molecule has 0 amide bonds. The topological polar surface area (TPSA) is 82.7 Å². The molecule has 1 aliphatic heterocycles. The number of nitrogen functional groups attached to an aromatic ring is 1. The molecule has 130 valence electrons. The van der Waals surface area contributed by atoms with Gasteiger partial charge in [0.25, 0.3) is 0 Å². The van der Waals surface area contributed by atoms with Gasteiger partial charge in [0.05, 0.1) is 25.8 Å². The number of fused-ring (bicyclic) bond motifs is 1. The van der Waals surface area contributed by atoms with Gasteiger partial charge < -0.3 is 24.8 Å². The molecule has 2 heterocycles. The van der Waals surface area contributed by atoms with Crippen molar-refractivity contribution in [2.75, 3.05) is 45.1 Å². The molecule has 0 saturated carbocycles. The number of methoxy groups -OCH3 is 3. The molecule has 2 atom stereocenters. The molecule has 1 saturated heterocycles. The third kappa shape index (κ3) is 2.91. The molecule has 2 unspecified atom stereocenters. The standard InChI is InChI=1S/C17H24N4O3/c1-10-5-6-21(9-15(10)24-4)17-19-12-8-14(23-3)13(22-2)7-11(12)16(18)20-17/h7-8,10,15H,5-6,9H2,1-4H3,(H2,18,19,20). The minimum atomic E-state index is 0.171. The first kappa shape index (κ1) is 16.6. The Morgan fingerprint density at radius 2 is 1.83 bits per heavy atom. The van der Waals surface area contributed by atoms with Crippen LogP contribution in [0.25, 0.3) is 10.9 Å². The van der Waals surface area contributed by atoms with Crippen LogP contribution in [0.2, 0.25) is 0 Å². The minimum Gasteiger partial charge on any atom is -0.493 e. The molecule has 2 N–H and O–H groups in total. The highest BCUT2D eigenvalue weighted by molar-refractivity contribution is 5.91. The van der Waals surface area contributed by atoms with Crippen LogP contribution in [0.4, 0.5) is 11.8 Å². The molecule has 0 spiro atoms. The van der Waals surface area contributed by atoms with Gasteiger partial charge in [0, 0.05) is 31.7 Å². The first-order chi connectivity index (χ1) is 11.6. The van der Waals surface area contributed by atoms with Crippen LogP contribution in [-0.2, 0) is 4.74 Å². The first-order valence-electron chi connectivity index (χ1n) is 8.04. The maximum atomic E-state index is 6.17. The quantitative estimate of drug-likeness (QED) is 0.918. The molecule has 0 bridgehead atoms. The smallest absolute Gasteiger partial charge is 0.227 e. The van der Waals surface area contributed by atoms with E-state index in [1.165, 1.54) is 0 Å². The van der Waals surface area contributed by atoms with Crippen molar-refractivity contribution in [2.24, 2.45) is 5.92 Å². The summed E-state index contributed by atoms with van der Waals surface area (Å²) in [4.78, 5) is 11.3. The van der Waals surface area contributed by atoms with Crippen LogP contribution < -0.4 is 20.1 Å². The summed E-state index contributed by atoms with van der Waals surface area (Å²) < 4.78 is 16.3. The summed E-state index contributed by atoms with van der Waals surface area (Å²) in [5, 5.41) is 0.755. The van der Waals surface area contributed by atoms with E-state index in [9.17, 15) is 0 Å². The van der Waals surface area contributed by atoms with Gasteiger partial charge in [0.1, 0.15) is 5.82 Å². The number of piperidine rings is 1. The zero-order valence-electron chi connectivity index (χ0n) is 14.6. The number of rotatable bonds is 4. The fraction of sp³-hybridized carbons (Fsp3) is 0.529. The van der Waals surface area contributed by atoms with Gasteiger partial charge >= 0.3 is 0 Å². The van der Waals surface area contributed by atoms with Gasteiger partial charge in [-0.1, -0.05) is 6.92 Å². The van der Waals surface area contributed by atoms with E-state index < -0.39 is 0 Å². The van der Waals surface area contributed by atoms with Crippen molar-refractivity contribution in [3.63, 3.8) is 0 Å². The van der Waals surface area contributed by atoms with Crippen LogP contribution in [0.15, 0.2) is 12.1 Å². The maximum absolute atomic E-state index is 6.17. The molecule has 24 heavy (non-hydrogen) atoms. The highest BCUT2D eigenvalue weighted by Crippen LogP contribution is 2.34. The molecule has 0 aliphatic carbocycles. The second-order valence-corrected chi connectivity index (χ2v) is 6.12. The number of nitrogens with zero attached hydrogens (tertiary/aromatic N) is 3. The lowest BCUT2D eigenvalue weighted by molar-refractivity contribution is 0.0494. The Hall–Kier alpha value is -2.28. The van der Waals surface area contributed by atoms with Crippen LogP contribution in [0.1, 0.15) is 13.3 Å². The maximum Gasteiger partial charge on any atom is 0.227 e. The Morgan fingerprint density at radius 3 is 2.50 bits per heavy atom. The van der Waals surface area contributed by atoms with E-state index in [1.54, 1.807) is 21.3 Å². The molecule has 0 radical (unpaired) electrons. The van der Waals surface area contributed by atoms with Gasteiger partial charge in [-0.05, 0) is 18.4 Å². The lowest BCUT2D eigenvalue weighted by atomic mass is 9.96. The fourth-order valence-corrected chi connectivity index (χ4v) is 3.13. The molecular formula is C17H24N4O3. The number of hydrogen-bond acceptors (Lipinski definition) is 7. The largest absolute Gasteiger partial charge is 0.493 e. The monoisotopic (exact) mass is 332 g/mol. The number of benzene rings is 1. The second kappa shape index (κ2) is 6.68. The Morgan fingerprint density at radius 1 is 1.12 bits per heavy atom. The Bertz CT molecular complexity index is 737. The van der Waals surface area contributed by atoms with Gasteiger partial charge in [0.15, 0.2) is 11.5 Å². The number of anilines is 2. The molecule has 7 heteroatoms. The van der Waals surface area contributed by atoms with Crippen molar-refractivity contribution >= 4 is 22.7 Å². The van der Waals surface area contributed by atoms with Crippen molar-refractivity contribution in [1.82, 2.24) is 9.97 Å². The van der Waals surface area contributed by atoms with Gasteiger partial charge in [-0.25, -0.2) is 4.98 Å². The van der Waals surface area contributed by atoms with E-state index in [-0.39, 0.29) is 6.10 Å². The number of hydrogen-bond donors (Lipinski definition) is 1. The third-order valence-corrected chi connectivity index (χ3v) is 4.69. The van der Waals surface area contributed by atoms with Crippen molar-refractivity contribution < 1.29 is 14.2 Å². The van der Waals surface area contributed by atoms with Crippen LogP contribution >= 0.6 is 0 Å². The Labute approximate surface area is 141 Å². The van der Waals surface area contributed by atoms with Crippen molar-refractivity contribution in [2.45, 2.75) is 19.4 Å². The van der Waals surface area contributed by atoms with Crippen molar-refractivity contribution in [3.8, 4) is 11.5 Å². The number of nitrogens with two attached hydrogens (primary N) is 1. The third-order valence-electron chi connectivity index (χ3n) is 4.69. The van der Waals surface area contributed by atoms with E-state index in [1.807, 2.05) is 12.1 Å². The highest BCUT2D eigenvalue weighted by Gasteiger charge is 2.28. The summed E-state index contributed by atoms with van der Waals surface area (Å²) >= 11 is 0. The van der Waals surface area contributed by atoms with E-state index in [2.05, 4.69) is 21.8 Å². The van der Waals surface area contributed by atoms with Gasteiger partial charge in [-0.15, -0.1) is 0 Å². The van der Waals surface area contributed by atoms with Crippen LogP contribution in [-0.4, -0.2) is 50.5 Å². The number of ether oxygens (including phenoxy) is 3. The van der Waals surface area contributed by atoms with Gasteiger partial charge in [-0.2, -0.15) is 4.98 Å². The van der Waals surface area contributed by atoms with Crippen LogP contribution in [0, 0.1) is 5.92 Å². The van der Waals surface area contributed by atoms with Crippen LogP contribution in [0.5, 0.6) is 11.5 Å². The average Bonchev–Trinajstić information content (AvgIpc) is 2.60. The van der Waals surface area contributed by atoms with Crippen molar-refractivity contribution in [1.29, 1.82) is 0 Å². The summed E-state index contributed by atoms with van der Waals surface area (Å²) in [6, 6.07) is 3.64. The van der Waals surface area contributed by atoms with E-state index in [4.69, 9.17) is 19.9 Å². The van der Waals surface area contributed by atoms with Gasteiger partial charge in [-0.3, -0.25) is 0 Å². The molecule has 1 aromatic carbocycles. The SMILES string of the molecule is COc1cc2nc(N3CCC(C)C(OC)C3)nc(N)c2cc1OC. The van der Waals surface area contributed by atoms with Gasteiger partial charge in [0.2, 0.25) is 5.95 Å². The summed E-state index contributed by atoms with van der Waals surface area (Å²) in [5.41, 5.74) is 6.91. The minimum absolute atomic E-state index is 0.171. The lowest BCUT2D eigenvalue weighted by Gasteiger charge is -2.36. The average molecular weight is 332 g/mol. The lowest BCUT2D eigenvalue weighted by Crippen LogP contribution is -2.44. The summed E-state index contributed by atoms with van der Waals surface area (Å²) in [5.74, 6) is 2.81. The van der Waals surface area contributed by atoms with Crippen LogP contribution in [0.3, 0.4) is 0 Å². The second-order valence-electron chi connectivity index (χ2n) is 6.12. The normalized spacial score (nSPS) is 21.1. The molecule has 3 rings (SSSR count).